The maximum absolute atomic E-state index is 12.3. The number of fused-ring (bicyclic) bond motifs is 2. The normalized spacial score (nSPS) is 10.0. The van der Waals surface area contributed by atoms with E-state index in [2.05, 4.69) is 0 Å². The third-order valence-corrected chi connectivity index (χ3v) is 3.14. The van der Waals surface area contributed by atoms with Crippen LogP contribution in [0.5, 0.6) is 11.5 Å². The molecule has 0 aromatic heterocycles. The summed E-state index contributed by atoms with van der Waals surface area (Å²) in [4.78, 5) is 0. The van der Waals surface area contributed by atoms with Gasteiger partial charge in [0.2, 0.25) is 0 Å². The molecule has 0 saturated heterocycles. The standard InChI is InChI=1S/C14H12N2O2.2Na/c15-9-5-1-3-7-11(9)14(18)8-4-2-6-10(16)12(8)13(7)17;;/h1-6,17-18H,15-16H2;;/q;2*+1/p-2. The van der Waals surface area contributed by atoms with E-state index in [1.165, 1.54) is 0 Å². The fourth-order valence-electron chi connectivity index (χ4n) is 2.29. The number of rotatable bonds is 0. The van der Waals surface area contributed by atoms with Crippen molar-refractivity contribution in [1.29, 1.82) is 0 Å². The molecule has 0 spiro atoms. The zero-order valence-corrected chi connectivity index (χ0v) is 15.4. The summed E-state index contributed by atoms with van der Waals surface area (Å²) in [6, 6.07) is 9.73. The predicted molar refractivity (Wildman–Crippen MR) is 69.2 cm³/mol. The van der Waals surface area contributed by atoms with E-state index in [1.807, 2.05) is 0 Å². The summed E-state index contributed by atoms with van der Waals surface area (Å²) in [5, 5.41) is 25.9. The molecular weight excluding hydrogens is 274 g/mol. The van der Waals surface area contributed by atoms with Crippen LogP contribution in [0.4, 0.5) is 11.4 Å². The van der Waals surface area contributed by atoms with Crippen molar-refractivity contribution >= 4 is 32.9 Å². The molecule has 0 atom stereocenters. The number of hydrogen-bond donors (Lipinski definition) is 2. The average Bonchev–Trinajstić information content (AvgIpc) is 2.35. The predicted octanol–water partition coefficient (Wildman–Crippen LogP) is -4.69. The Kier molecular flexibility index (Phi) is 5.61. The van der Waals surface area contributed by atoms with E-state index in [9.17, 15) is 10.2 Å². The zero-order valence-electron chi connectivity index (χ0n) is 11.4. The van der Waals surface area contributed by atoms with Crippen molar-refractivity contribution < 1.29 is 69.3 Å². The summed E-state index contributed by atoms with van der Waals surface area (Å²) in [6.07, 6.45) is 0. The average molecular weight is 284 g/mol. The zero-order chi connectivity index (χ0) is 12.9. The fraction of sp³-hybridized carbons (Fsp3) is 0. The number of hydrogen-bond acceptors (Lipinski definition) is 4. The number of nitrogens with two attached hydrogens (primary N) is 2. The molecule has 0 bridgehead atoms. The van der Waals surface area contributed by atoms with Crippen molar-refractivity contribution in [3.05, 3.63) is 36.4 Å². The minimum atomic E-state index is -0.245. The van der Waals surface area contributed by atoms with Crippen LogP contribution in [0.1, 0.15) is 0 Å². The van der Waals surface area contributed by atoms with E-state index in [4.69, 9.17) is 11.5 Å². The Morgan fingerprint density at radius 2 is 1.00 bits per heavy atom. The van der Waals surface area contributed by atoms with Gasteiger partial charge in [0.05, 0.1) is 0 Å². The second-order valence-electron chi connectivity index (χ2n) is 4.20. The van der Waals surface area contributed by atoms with Crippen LogP contribution in [0, 0.1) is 0 Å². The van der Waals surface area contributed by atoms with Crippen LogP contribution in [-0.2, 0) is 0 Å². The van der Waals surface area contributed by atoms with Gasteiger partial charge in [-0.2, -0.15) is 0 Å². The number of anilines is 2. The molecule has 3 aromatic rings. The Morgan fingerprint density at radius 3 is 1.35 bits per heavy atom. The largest absolute Gasteiger partial charge is 1.00 e. The maximum Gasteiger partial charge on any atom is 1.00 e. The van der Waals surface area contributed by atoms with E-state index in [1.54, 1.807) is 36.4 Å². The molecule has 0 amide bonds. The van der Waals surface area contributed by atoms with E-state index >= 15 is 0 Å². The Morgan fingerprint density at radius 1 is 0.650 bits per heavy atom. The van der Waals surface area contributed by atoms with Gasteiger partial charge in [0, 0.05) is 11.4 Å². The molecule has 3 aromatic carbocycles. The fourth-order valence-corrected chi connectivity index (χ4v) is 2.29. The van der Waals surface area contributed by atoms with Gasteiger partial charge in [0.1, 0.15) is 0 Å². The van der Waals surface area contributed by atoms with Gasteiger partial charge in [0.25, 0.3) is 0 Å². The van der Waals surface area contributed by atoms with Crippen molar-refractivity contribution in [2.45, 2.75) is 0 Å². The van der Waals surface area contributed by atoms with E-state index in [0.717, 1.165) is 0 Å². The molecule has 0 fully saturated rings. The molecule has 3 rings (SSSR count). The second-order valence-corrected chi connectivity index (χ2v) is 4.20. The van der Waals surface area contributed by atoms with Gasteiger partial charge in [-0.05, 0) is 33.7 Å². The summed E-state index contributed by atoms with van der Waals surface area (Å²) >= 11 is 0. The molecule has 6 heteroatoms. The Bertz CT molecular complexity index is 724. The summed E-state index contributed by atoms with van der Waals surface area (Å²) in [5.41, 5.74) is 12.2. The molecule has 0 aliphatic carbocycles. The van der Waals surface area contributed by atoms with Crippen LogP contribution >= 0.6 is 0 Å². The summed E-state index contributed by atoms with van der Waals surface area (Å²) in [7, 11) is 0. The molecule has 0 aliphatic rings. The first-order valence-electron chi connectivity index (χ1n) is 5.47. The van der Waals surface area contributed by atoms with Gasteiger partial charge < -0.3 is 21.7 Å². The van der Waals surface area contributed by atoms with Crippen LogP contribution in [0.25, 0.3) is 21.5 Å². The third-order valence-electron chi connectivity index (χ3n) is 3.14. The molecule has 90 valence electrons. The molecular formula is C14H10N2Na2O2. The molecule has 4 N–H and O–H groups in total. The maximum atomic E-state index is 12.3. The van der Waals surface area contributed by atoms with Crippen molar-refractivity contribution in [2.75, 3.05) is 11.5 Å². The first-order valence-corrected chi connectivity index (χ1v) is 5.47. The molecule has 0 saturated carbocycles. The first-order chi connectivity index (χ1) is 8.61. The summed E-state index contributed by atoms with van der Waals surface area (Å²) < 4.78 is 0. The molecule has 20 heavy (non-hydrogen) atoms. The van der Waals surface area contributed by atoms with E-state index in [0.29, 0.717) is 22.1 Å². The molecule has 0 radical (unpaired) electrons. The van der Waals surface area contributed by atoms with Crippen molar-refractivity contribution in [3.8, 4) is 11.5 Å². The summed E-state index contributed by atoms with van der Waals surface area (Å²) in [5.74, 6) is -0.491. The Hall–Kier alpha value is -0.620. The van der Waals surface area contributed by atoms with Gasteiger partial charge in [-0.15, -0.1) is 0 Å². The first kappa shape index (κ1) is 17.4. The molecule has 4 nitrogen and oxygen atoms in total. The molecule has 0 aliphatic heterocycles. The van der Waals surface area contributed by atoms with Crippen molar-refractivity contribution in [2.24, 2.45) is 0 Å². The Labute approximate surface area is 160 Å². The smallest absolute Gasteiger partial charge is 0.872 e. The van der Waals surface area contributed by atoms with Gasteiger partial charge in [-0.3, -0.25) is 0 Å². The topological polar surface area (TPSA) is 98.2 Å². The molecule has 0 heterocycles. The van der Waals surface area contributed by atoms with Crippen LogP contribution in [0.15, 0.2) is 36.4 Å². The van der Waals surface area contributed by atoms with Crippen LogP contribution in [0.3, 0.4) is 0 Å². The van der Waals surface area contributed by atoms with Crippen LogP contribution in [-0.4, -0.2) is 0 Å². The van der Waals surface area contributed by atoms with Gasteiger partial charge >= 0.3 is 59.1 Å². The summed E-state index contributed by atoms with van der Waals surface area (Å²) in [6.45, 7) is 0. The number of nitrogen functional groups attached to an aromatic ring is 2. The minimum absolute atomic E-state index is 0. The van der Waals surface area contributed by atoms with E-state index < -0.39 is 0 Å². The van der Waals surface area contributed by atoms with E-state index in [-0.39, 0.29) is 81.4 Å². The third kappa shape index (κ3) is 2.48. The quantitative estimate of drug-likeness (QED) is 0.246. The second kappa shape index (κ2) is 6.43. The van der Waals surface area contributed by atoms with Gasteiger partial charge in [0.15, 0.2) is 0 Å². The van der Waals surface area contributed by atoms with Gasteiger partial charge in [-0.25, -0.2) is 0 Å². The van der Waals surface area contributed by atoms with Crippen molar-refractivity contribution in [1.82, 2.24) is 0 Å². The van der Waals surface area contributed by atoms with Gasteiger partial charge in [-0.1, -0.05) is 35.8 Å². The van der Waals surface area contributed by atoms with Crippen molar-refractivity contribution in [3.63, 3.8) is 0 Å². The number of benzene rings is 3. The SMILES string of the molecule is Nc1cccc2c([O-])c3c(N)cccc3c([O-])c12.[Na+].[Na+]. The minimum Gasteiger partial charge on any atom is -0.872 e. The molecule has 0 unspecified atom stereocenters. The van der Waals surface area contributed by atoms with Crippen LogP contribution < -0.4 is 80.8 Å². The monoisotopic (exact) mass is 284 g/mol. The van der Waals surface area contributed by atoms with Crippen LogP contribution in [0.2, 0.25) is 0 Å². The Balaban J connectivity index is 0.000001000.